The molecule has 0 atom stereocenters. The van der Waals surface area contributed by atoms with Crippen LogP contribution in [-0.4, -0.2) is 12.0 Å². The maximum Gasteiger partial charge on any atom is 0.116 e. The first-order valence-electron chi connectivity index (χ1n) is 4.14. The average molecular weight is 197 g/mol. The fourth-order valence-corrected chi connectivity index (χ4v) is 1.92. The van der Waals surface area contributed by atoms with Crippen LogP contribution in [0.25, 0.3) is 0 Å². The van der Waals surface area contributed by atoms with E-state index >= 15 is 0 Å². The molecule has 0 radical (unpaired) electrons. The molecule has 0 aliphatic rings. The van der Waals surface area contributed by atoms with Gasteiger partial charge in [0.2, 0.25) is 0 Å². The van der Waals surface area contributed by atoms with E-state index in [1.807, 2.05) is 18.2 Å². The summed E-state index contributed by atoms with van der Waals surface area (Å²) in [6, 6.07) is 7.47. The minimum atomic E-state index is -0.409. The molecule has 0 saturated heterocycles. The Balaban J connectivity index is 2.58. The zero-order chi connectivity index (χ0) is 9.52. The van der Waals surface area contributed by atoms with Gasteiger partial charge in [-0.25, -0.2) is 4.39 Å². The van der Waals surface area contributed by atoms with Crippen LogP contribution in [0.5, 0.6) is 0 Å². The van der Waals surface area contributed by atoms with Gasteiger partial charge < -0.3 is 5.41 Å². The molecule has 0 amide bonds. The molecular formula is C10H12FNS. The summed E-state index contributed by atoms with van der Waals surface area (Å²) in [4.78, 5) is 0.992. The Bertz CT molecular complexity index is 275. The van der Waals surface area contributed by atoms with Gasteiger partial charge in [-0.15, -0.1) is 11.8 Å². The smallest absolute Gasteiger partial charge is 0.116 e. The van der Waals surface area contributed by atoms with E-state index < -0.39 is 6.67 Å². The Kier molecular flexibility index (Phi) is 4.54. The van der Waals surface area contributed by atoms with Crippen LogP contribution < -0.4 is 0 Å². The van der Waals surface area contributed by atoms with Crippen LogP contribution in [0.3, 0.4) is 0 Å². The van der Waals surface area contributed by atoms with E-state index in [1.54, 1.807) is 17.8 Å². The van der Waals surface area contributed by atoms with Crippen molar-refractivity contribution in [2.45, 2.75) is 18.0 Å². The molecule has 3 heteroatoms. The van der Waals surface area contributed by atoms with Crippen LogP contribution in [0.4, 0.5) is 4.39 Å². The van der Waals surface area contributed by atoms with E-state index in [1.165, 1.54) is 6.21 Å². The lowest BCUT2D eigenvalue weighted by Gasteiger charge is -2.03. The maximum absolute atomic E-state index is 12.4. The Hall–Kier alpha value is -0.830. The summed E-state index contributed by atoms with van der Waals surface area (Å²) in [5.74, 6) is 0.848. The van der Waals surface area contributed by atoms with Gasteiger partial charge in [0, 0.05) is 10.6 Å². The lowest BCUT2D eigenvalue weighted by atomic mass is 10.2. The number of alkyl halides is 1. The molecule has 0 fully saturated rings. The predicted molar refractivity (Wildman–Crippen MR) is 55.4 cm³/mol. The molecule has 0 unspecified atom stereocenters. The summed E-state index contributed by atoms with van der Waals surface area (Å²) in [7, 11) is 0. The monoisotopic (exact) mass is 197 g/mol. The second-order valence-electron chi connectivity index (χ2n) is 2.58. The van der Waals surface area contributed by atoms with Crippen molar-refractivity contribution in [3.63, 3.8) is 0 Å². The number of thioether (sulfide) groups is 1. The van der Waals surface area contributed by atoms with Crippen molar-refractivity contribution < 1.29 is 4.39 Å². The highest BCUT2D eigenvalue weighted by molar-refractivity contribution is 7.99. The number of hydrogen-bond acceptors (Lipinski definition) is 2. The highest BCUT2D eigenvalue weighted by atomic mass is 32.2. The molecule has 1 N–H and O–H groups in total. The molecule has 1 rings (SSSR count). The summed E-state index contributed by atoms with van der Waals surface area (Å²) < 4.78 is 12.4. The summed E-state index contributed by atoms with van der Waals surface area (Å²) in [5, 5.41) is 6.85. The second kappa shape index (κ2) is 5.75. The van der Waals surface area contributed by atoms with Gasteiger partial charge in [0.1, 0.15) is 6.67 Å². The third kappa shape index (κ3) is 3.19. The average Bonchev–Trinajstić information content (AvgIpc) is 2.19. The minimum Gasteiger partial charge on any atom is -0.313 e. The highest BCUT2D eigenvalue weighted by Crippen LogP contribution is 2.23. The van der Waals surface area contributed by atoms with Gasteiger partial charge in [-0.05, 0) is 24.3 Å². The molecule has 0 spiro atoms. The van der Waals surface area contributed by atoms with Gasteiger partial charge in [0.05, 0.1) is 0 Å². The van der Waals surface area contributed by atoms with E-state index in [0.717, 1.165) is 22.6 Å². The number of rotatable bonds is 5. The van der Waals surface area contributed by atoms with Gasteiger partial charge in [0.15, 0.2) is 0 Å². The van der Waals surface area contributed by atoms with Crippen molar-refractivity contribution in [2.24, 2.45) is 0 Å². The van der Waals surface area contributed by atoms with Crippen LogP contribution in [0.15, 0.2) is 29.2 Å². The third-order valence-electron chi connectivity index (χ3n) is 1.64. The Morgan fingerprint density at radius 1 is 1.38 bits per heavy atom. The highest BCUT2D eigenvalue weighted by Gasteiger charge is 2.00. The van der Waals surface area contributed by atoms with Crippen molar-refractivity contribution in [2.75, 3.05) is 5.75 Å². The molecule has 0 aliphatic carbocycles. The van der Waals surface area contributed by atoms with E-state index in [0.29, 0.717) is 0 Å². The van der Waals surface area contributed by atoms with E-state index in [9.17, 15) is 4.39 Å². The van der Waals surface area contributed by atoms with Gasteiger partial charge in [-0.2, -0.15) is 0 Å². The lowest BCUT2D eigenvalue weighted by Crippen LogP contribution is -1.85. The van der Waals surface area contributed by atoms with Crippen LogP contribution in [0.1, 0.15) is 12.0 Å². The molecule has 0 bridgehead atoms. The third-order valence-corrected chi connectivity index (χ3v) is 2.79. The van der Waals surface area contributed by atoms with Crippen molar-refractivity contribution in [3.8, 4) is 0 Å². The standard InChI is InChI=1S/C10H12FNS/c11-8-9-4-1-2-5-10(9)13-7-3-6-12/h1-2,4-6,12H,3,7-8H2. The van der Waals surface area contributed by atoms with Gasteiger partial charge in [-0.1, -0.05) is 18.2 Å². The van der Waals surface area contributed by atoms with Crippen LogP contribution in [-0.2, 0) is 6.67 Å². The topological polar surface area (TPSA) is 23.9 Å². The maximum atomic E-state index is 12.4. The molecule has 0 aliphatic heterocycles. The molecule has 1 nitrogen and oxygen atoms in total. The van der Waals surface area contributed by atoms with Gasteiger partial charge in [0.25, 0.3) is 0 Å². The largest absolute Gasteiger partial charge is 0.313 e. The Morgan fingerprint density at radius 2 is 2.15 bits per heavy atom. The zero-order valence-corrected chi connectivity index (χ0v) is 8.11. The molecule has 0 saturated carbocycles. The van der Waals surface area contributed by atoms with Crippen LogP contribution in [0.2, 0.25) is 0 Å². The fraction of sp³-hybridized carbons (Fsp3) is 0.300. The normalized spacial score (nSPS) is 9.92. The molecule has 1 aromatic carbocycles. The first-order valence-corrected chi connectivity index (χ1v) is 5.12. The SMILES string of the molecule is N=CCCSc1ccccc1CF. The molecule has 0 aromatic heterocycles. The van der Waals surface area contributed by atoms with Crippen molar-refractivity contribution in [1.82, 2.24) is 0 Å². The first-order chi connectivity index (χ1) is 6.38. The Labute approximate surface area is 81.9 Å². The summed E-state index contributed by atoms with van der Waals surface area (Å²) in [5.41, 5.74) is 0.748. The summed E-state index contributed by atoms with van der Waals surface area (Å²) in [6.07, 6.45) is 2.12. The lowest BCUT2D eigenvalue weighted by molar-refractivity contribution is 0.480. The van der Waals surface area contributed by atoms with Crippen LogP contribution in [0, 0.1) is 5.41 Å². The van der Waals surface area contributed by atoms with Crippen molar-refractivity contribution in [1.29, 1.82) is 5.41 Å². The van der Waals surface area contributed by atoms with Crippen molar-refractivity contribution in [3.05, 3.63) is 29.8 Å². The fourth-order valence-electron chi connectivity index (χ4n) is 0.983. The van der Waals surface area contributed by atoms with Gasteiger partial charge >= 0.3 is 0 Å². The number of benzene rings is 1. The van der Waals surface area contributed by atoms with E-state index in [-0.39, 0.29) is 0 Å². The summed E-state index contributed by atoms with van der Waals surface area (Å²) >= 11 is 1.60. The quantitative estimate of drug-likeness (QED) is 0.437. The Morgan fingerprint density at radius 3 is 2.85 bits per heavy atom. The molecule has 1 aromatic rings. The number of hydrogen-bond donors (Lipinski definition) is 1. The minimum absolute atomic E-state index is 0.409. The van der Waals surface area contributed by atoms with E-state index in [2.05, 4.69) is 0 Å². The second-order valence-corrected chi connectivity index (χ2v) is 3.72. The first kappa shape index (κ1) is 10.3. The molecule has 13 heavy (non-hydrogen) atoms. The predicted octanol–water partition coefficient (Wildman–Crippen LogP) is 3.29. The number of nitrogens with one attached hydrogen (secondary N) is 1. The molecule has 0 heterocycles. The summed E-state index contributed by atoms with van der Waals surface area (Å²) in [6.45, 7) is -0.409. The number of halogens is 1. The molecular weight excluding hydrogens is 185 g/mol. The zero-order valence-electron chi connectivity index (χ0n) is 7.29. The molecule has 70 valence electrons. The van der Waals surface area contributed by atoms with Crippen molar-refractivity contribution >= 4 is 18.0 Å². The van der Waals surface area contributed by atoms with Gasteiger partial charge in [-0.3, -0.25) is 0 Å². The van der Waals surface area contributed by atoms with E-state index in [4.69, 9.17) is 5.41 Å². The van der Waals surface area contributed by atoms with Crippen LogP contribution >= 0.6 is 11.8 Å².